The molecule has 0 aliphatic carbocycles. The van der Waals surface area contributed by atoms with Crippen molar-refractivity contribution in [2.45, 2.75) is 374 Å². The fourth-order valence-corrected chi connectivity index (χ4v) is 10.5. The Labute approximate surface area is 515 Å². The van der Waals surface area contributed by atoms with Gasteiger partial charge in [-0.05, 0) is 116 Å². The van der Waals surface area contributed by atoms with Crippen LogP contribution >= 0.6 is 0 Å². The number of carbonyl (C=O) groups excluding carboxylic acids is 3. The van der Waals surface area contributed by atoms with Crippen LogP contribution in [-0.4, -0.2) is 37.2 Å². The van der Waals surface area contributed by atoms with Crippen LogP contribution in [0.2, 0.25) is 0 Å². The molecule has 1 atom stereocenters. The maximum atomic E-state index is 13.0. The van der Waals surface area contributed by atoms with Gasteiger partial charge in [0.1, 0.15) is 13.2 Å². The van der Waals surface area contributed by atoms with Gasteiger partial charge in [-0.15, -0.1) is 0 Å². The first-order chi connectivity index (χ1) is 41.0. The van der Waals surface area contributed by atoms with Crippen LogP contribution in [0.25, 0.3) is 0 Å². The first-order valence-corrected chi connectivity index (χ1v) is 36.1. The molecule has 0 N–H and O–H groups in total. The Morgan fingerprint density at radius 3 is 0.747 bits per heavy atom. The minimum atomic E-state index is -0.789. The Kier molecular flexibility index (Phi) is 68.2. The molecule has 0 aromatic rings. The van der Waals surface area contributed by atoms with Crippen molar-refractivity contribution in [3.05, 3.63) is 85.1 Å². The lowest BCUT2D eigenvalue weighted by atomic mass is 10.0. The molecule has 0 bridgehead atoms. The zero-order valence-corrected chi connectivity index (χ0v) is 55.2. The minimum absolute atomic E-state index is 0.0824. The number of allylic oxidation sites excluding steroid dienone is 14. The zero-order chi connectivity index (χ0) is 59.9. The second kappa shape index (κ2) is 71.1. The highest BCUT2D eigenvalue weighted by Crippen LogP contribution is 2.18. The summed E-state index contributed by atoms with van der Waals surface area (Å²) in [6.45, 7) is 6.54. The molecule has 6 heteroatoms. The zero-order valence-electron chi connectivity index (χ0n) is 55.2. The smallest absolute Gasteiger partial charge is 0.306 e. The SMILES string of the molecule is CC/C=C\C/C=C\C/C=C\C/C=C\CCCCCCC(=O)OCC(COC(=O)CCCCCCCCCCCCCCCCCCC/C=C\C/C=C\CCCCCCC)OC(=O)CCCCCCCCCCC/C=C\CCCCCCCC. The van der Waals surface area contributed by atoms with Crippen molar-refractivity contribution in [2.24, 2.45) is 0 Å². The van der Waals surface area contributed by atoms with Gasteiger partial charge in [0.25, 0.3) is 0 Å². The van der Waals surface area contributed by atoms with Crippen LogP contribution in [0.5, 0.6) is 0 Å². The number of carbonyl (C=O) groups is 3. The van der Waals surface area contributed by atoms with Crippen molar-refractivity contribution in [3.8, 4) is 0 Å². The standard InChI is InChI=1S/C77H136O6/c1-4-7-10-13-16-19-22-25-28-31-33-34-35-36-37-38-39-40-41-42-44-46-49-52-55-58-61-64-67-70-76(79)82-73-74(72-81-75(78)69-66-63-60-57-54-51-48-45-30-27-24-21-18-15-12-9-6-3)83-77(80)71-68-65-62-59-56-53-50-47-43-32-29-26-23-20-17-14-11-8-5-2/h9,12,18,21-22,25-27,29-31,33,48,51,74H,4-8,10-11,13-17,19-20,23-24,28,32,34-47,49-50,52-73H2,1-3H3/b12-9-,21-18-,25-22-,29-26-,30-27-,33-31-,51-48-. The second-order valence-electron chi connectivity index (χ2n) is 24.1. The number of hydrogen-bond donors (Lipinski definition) is 0. The second-order valence-corrected chi connectivity index (χ2v) is 24.1. The van der Waals surface area contributed by atoms with E-state index in [2.05, 4.69) is 106 Å². The van der Waals surface area contributed by atoms with Gasteiger partial charge in [-0.3, -0.25) is 14.4 Å². The molecule has 83 heavy (non-hydrogen) atoms. The summed E-state index contributed by atoms with van der Waals surface area (Å²) in [5, 5.41) is 0. The lowest BCUT2D eigenvalue weighted by molar-refractivity contribution is -0.167. The van der Waals surface area contributed by atoms with E-state index in [1.165, 1.54) is 225 Å². The monoisotopic (exact) mass is 1160 g/mol. The lowest BCUT2D eigenvalue weighted by Crippen LogP contribution is -2.30. The van der Waals surface area contributed by atoms with Crippen molar-refractivity contribution in [2.75, 3.05) is 13.2 Å². The van der Waals surface area contributed by atoms with Crippen molar-refractivity contribution in [3.63, 3.8) is 0 Å². The molecule has 0 aliphatic heterocycles. The molecule has 0 aromatic heterocycles. The first kappa shape index (κ1) is 79.6. The predicted octanol–water partition coefficient (Wildman–Crippen LogP) is 25.0. The van der Waals surface area contributed by atoms with Gasteiger partial charge in [-0.1, -0.05) is 318 Å². The van der Waals surface area contributed by atoms with E-state index in [0.717, 1.165) is 103 Å². The summed E-state index contributed by atoms with van der Waals surface area (Å²) >= 11 is 0. The summed E-state index contributed by atoms with van der Waals surface area (Å²) in [7, 11) is 0. The van der Waals surface area contributed by atoms with Gasteiger partial charge in [-0.25, -0.2) is 0 Å². The molecular formula is C77H136O6. The fraction of sp³-hybridized carbons (Fsp3) is 0.779. The van der Waals surface area contributed by atoms with E-state index in [-0.39, 0.29) is 31.1 Å². The highest BCUT2D eigenvalue weighted by atomic mass is 16.6. The Morgan fingerprint density at radius 2 is 0.470 bits per heavy atom. The lowest BCUT2D eigenvalue weighted by Gasteiger charge is -2.18. The topological polar surface area (TPSA) is 78.9 Å². The molecule has 0 heterocycles. The molecule has 0 aliphatic rings. The first-order valence-electron chi connectivity index (χ1n) is 36.1. The summed E-state index contributed by atoms with van der Waals surface area (Å²) < 4.78 is 17.0. The third-order valence-electron chi connectivity index (χ3n) is 15.9. The van der Waals surface area contributed by atoms with E-state index in [1.54, 1.807) is 0 Å². The molecule has 480 valence electrons. The van der Waals surface area contributed by atoms with Crippen LogP contribution in [0.15, 0.2) is 85.1 Å². The molecule has 0 saturated heterocycles. The van der Waals surface area contributed by atoms with Gasteiger partial charge in [0, 0.05) is 19.3 Å². The predicted molar refractivity (Wildman–Crippen MR) is 362 cm³/mol. The third kappa shape index (κ3) is 69.3. The van der Waals surface area contributed by atoms with E-state index >= 15 is 0 Å². The summed E-state index contributed by atoms with van der Waals surface area (Å²) in [4.78, 5) is 38.5. The van der Waals surface area contributed by atoms with Gasteiger partial charge >= 0.3 is 17.9 Å². The molecular weight excluding hydrogens is 1020 g/mol. The highest BCUT2D eigenvalue weighted by Gasteiger charge is 2.19. The number of ether oxygens (including phenoxy) is 3. The Morgan fingerprint density at radius 1 is 0.253 bits per heavy atom. The molecule has 0 fully saturated rings. The molecule has 0 saturated carbocycles. The van der Waals surface area contributed by atoms with Gasteiger partial charge < -0.3 is 14.2 Å². The molecule has 1 unspecified atom stereocenters. The maximum absolute atomic E-state index is 13.0. The van der Waals surface area contributed by atoms with Gasteiger partial charge in [0.15, 0.2) is 6.10 Å². The Hall–Kier alpha value is -3.41. The van der Waals surface area contributed by atoms with Crippen molar-refractivity contribution in [1.82, 2.24) is 0 Å². The van der Waals surface area contributed by atoms with Gasteiger partial charge in [-0.2, -0.15) is 0 Å². The van der Waals surface area contributed by atoms with Crippen molar-refractivity contribution >= 4 is 17.9 Å². The van der Waals surface area contributed by atoms with Crippen LogP contribution in [0, 0.1) is 0 Å². The molecule has 0 spiro atoms. The van der Waals surface area contributed by atoms with Crippen LogP contribution in [0.4, 0.5) is 0 Å². The average molecular weight is 1160 g/mol. The van der Waals surface area contributed by atoms with E-state index < -0.39 is 6.10 Å². The summed E-state index contributed by atoms with van der Waals surface area (Å²) in [5.41, 5.74) is 0. The third-order valence-corrected chi connectivity index (χ3v) is 15.9. The van der Waals surface area contributed by atoms with E-state index in [0.29, 0.717) is 19.3 Å². The van der Waals surface area contributed by atoms with Gasteiger partial charge in [0.2, 0.25) is 0 Å². The normalized spacial score (nSPS) is 12.6. The minimum Gasteiger partial charge on any atom is -0.462 e. The molecule has 0 radical (unpaired) electrons. The van der Waals surface area contributed by atoms with Gasteiger partial charge in [0.05, 0.1) is 0 Å². The Bertz CT molecular complexity index is 1570. The molecule has 0 rings (SSSR count). The summed E-state index contributed by atoms with van der Waals surface area (Å²) in [6, 6.07) is 0. The number of rotatable bonds is 66. The van der Waals surface area contributed by atoms with Crippen LogP contribution in [0.1, 0.15) is 367 Å². The number of hydrogen-bond acceptors (Lipinski definition) is 6. The Balaban J connectivity index is 4.29. The average Bonchev–Trinajstić information content (AvgIpc) is 3.50. The fourth-order valence-electron chi connectivity index (χ4n) is 10.5. The number of esters is 3. The quantitative estimate of drug-likeness (QED) is 0.0261. The van der Waals surface area contributed by atoms with E-state index in [4.69, 9.17) is 14.2 Å². The highest BCUT2D eigenvalue weighted by molar-refractivity contribution is 5.71. The molecule has 6 nitrogen and oxygen atoms in total. The van der Waals surface area contributed by atoms with E-state index in [9.17, 15) is 14.4 Å². The van der Waals surface area contributed by atoms with Crippen molar-refractivity contribution < 1.29 is 28.6 Å². The van der Waals surface area contributed by atoms with Crippen molar-refractivity contribution in [1.29, 1.82) is 0 Å². The largest absolute Gasteiger partial charge is 0.462 e. The van der Waals surface area contributed by atoms with Crippen LogP contribution in [-0.2, 0) is 28.6 Å². The summed E-state index contributed by atoms with van der Waals surface area (Å²) in [6.07, 6.45) is 94.7. The van der Waals surface area contributed by atoms with Crippen LogP contribution < -0.4 is 0 Å². The summed E-state index contributed by atoms with van der Waals surface area (Å²) in [5.74, 6) is -0.890. The molecule has 0 aromatic carbocycles. The van der Waals surface area contributed by atoms with Crippen LogP contribution in [0.3, 0.4) is 0 Å². The number of unbranched alkanes of at least 4 members (excludes halogenated alkanes) is 41. The maximum Gasteiger partial charge on any atom is 0.306 e. The van der Waals surface area contributed by atoms with E-state index in [1.807, 2.05) is 0 Å². The molecule has 0 amide bonds.